The first kappa shape index (κ1) is 11.4. The monoisotopic (exact) mass is 218 g/mol. The van der Waals surface area contributed by atoms with Crippen molar-refractivity contribution in [2.45, 2.75) is 25.9 Å². The van der Waals surface area contributed by atoms with E-state index < -0.39 is 12.1 Å². The molecule has 14 heavy (non-hydrogen) atoms. The zero-order chi connectivity index (χ0) is 10.7. The van der Waals surface area contributed by atoms with Crippen molar-refractivity contribution in [2.75, 3.05) is 13.1 Å². The van der Waals surface area contributed by atoms with E-state index in [4.69, 9.17) is 18.0 Å². The molecule has 0 saturated carbocycles. The lowest BCUT2D eigenvalue weighted by molar-refractivity contribution is -0.134. The van der Waals surface area contributed by atoms with Crippen LogP contribution in [0.3, 0.4) is 0 Å². The van der Waals surface area contributed by atoms with Crippen LogP contribution in [0.25, 0.3) is 0 Å². The number of alkyl halides is 1. The third kappa shape index (κ3) is 2.64. The van der Waals surface area contributed by atoms with Crippen LogP contribution in [0, 0.1) is 5.92 Å². The van der Waals surface area contributed by atoms with Crippen LogP contribution in [-0.2, 0) is 4.79 Å². The Morgan fingerprint density at radius 1 is 1.71 bits per heavy atom. The first-order valence-corrected chi connectivity index (χ1v) is 5.15. The standard InChI is InChI=1S/C9H15FN2OS/c1-6(8(11)14)9(13)12-4-2-3-7(10)5-12/h6-7H,2-5H2,1H3,(H2,11,14). The van der Waals surface area contributed by atoms with E-state index in [9.17, 15) is 9.18 Å². The Labute approximate surface area is 88.4 Å². The zero-order valence-corrected chi connectivity index (χ0v) is 9.02. The Kier molecular flexibility index (Phi) is 3.80. The van der Waals surface area contributed by atoms with Crippen molar-refractivity contribution in [3.05, 3.63) is 0 Å². The van der Waals surface area contributed by atoms with Gasteiger partial charge in [0.05, 0.1) is 17.5 Å². The molecule has 0 aromatic rings. The summed E-state index contributed by atoms with van der Waals surface area (Å²) in [6, 6.07) is 0. The van der Waals surface area contributed by atoms with Crippen LogP contribution in [-0.4, -0.2) is 35.1 Å². The van der Waals surface area contributed by atoms with Crippen molar-refractivity contribution >= 4 is 23.1 Å². The number of carbonyl (C=O) groups excluding carboxylic acids is 1. The summed E-state index contributed by atoms with van der Waals surface area (Å²) in [6.45, 7) is 2.46. The van der Waals surface area contributed by atoms with Gasteiger partial charge in [-0.05, 0) is 19.8 Å². The molecule has 3 nitrogen and oxygen atoms in total. The average Bonchev–Trinajstić information content (AvgIpc) is 2.15. The van der Waals surface area contributed by atoms with Crippen LogP contribution >= 0.6 is 12.2 Å². The van der Waals surface area contributed by atoms with Gasteiger partial charge in [0.25, 0.3) is 0 Å². The minimum Gasteiger partial charge on any atom is -0.393 e. The molecule has 1 fully saturated rings. The first-order chi connectivity index (χ1) is 6.52. The maximum Gasteiger partial charge on any atom is 0.232 e. The van der Waals surface area contributed by atoms with Crippen molar-refractivity contribution < 1.29 is 9.18 Å². The van der Waals surface area contributed by atoms with Gasteiger partial charge in [-0.25, -0.2) is 4.39 Å². The predicted molar refractivity (Wildman–Crippen MR) is 56.7 cm³/mol. The molecule has 0 aliphatic carbocycles. The molecule has 2 N–H and O–H groups in total. The van der Waals surface area contributed by atoms with Crippen molar-refractivity contribution in [1.82, 2.24) is 4.90 Å². The van der Waals surface area contributed by atoms with Gasteiger partial charge < -0.3 is 10.6 Å². The van der Waals surface area contributed by atoms with Crippen molar-refractivity contribution in [2.24, 2.45) is 11.7 Å². The van der Waals surface area contributed by atoms with Crippen LogP contribution in [0.1, 0.15) is 19.8 Å². The number of rotatable bonds is 2. The number of likely N-dealkylation sites (tertiary alicyclic amines) is 1. The lowest BCUT2D eigenvalue weighted by atomic mass is 10.1. The summed E-state index contributed by atoms with van der Waals surface area (Å²) in [4.78, 5) is 13.4. The van der Waals surface area contributed by atoms with Crippen LogP contribution in [0.4, 0.5) is 4.39 Å². The smallest absolute Gasteiger partial charge is 0.232 e. The number of hydrogen-bond acceptors (Lipinski definition) is 2. The molecule has 5 heteroatoms. The second kappa shape index (κ2) is 4.68. The molecule has 0 aromatic heterocycles. The van der Waals surface area contributed by atoms with Gasteiger partial charge in [0.2, 0.25) is 5.91 Å². The quantitative estimate of drug-likeness (QED) is 0.700. The van der Waals surface area contributed by atoms with E-state index in [0.717, 1.165) is 6.42 Å². The molecule has 1 amide bonds. The molecule has 1 saturated heterocycles. The Hall–Kier alpha value is -0.710. The van der Waals surface area contributed by atoms with E-state index in [2.05, 4.69) is 0 Å². The zero-order valence-electron chi connectivity index (χ0n) is 8.20. The minimum absolute atomic E-state index is 0.153. The SMILES string of the molecule is CC(C(=O)N1CCCC(F)C1)C(N)=S. The highest BCUT2D eigenvalue weighted by molar-refractivity contribution is 7.80. The summed E-state index contributed by atoms with van der Waals surface area (Å²) in [5.74, 6) is -0.629. The summed E-state index contributed by atoms with van der Waals surface area (Å²) in [6.07, 6.45) is 0.369. The largest absolute Gasteiger partial charge is 0.393 e. The summed E-state index contributed by atoms with van der Waals surface area (Å²) in [5.41, 5.74) is 5.37. The van der Waals surface area contributed by atoms with Crippen LogP contribution in [0.15, 0.2) is 0 Å². The van der Waals surface area contributed by atoms with Gasteiger partial charge in [0.1, 0.15) is 6.17 Å². The molecule has 0 radical (unpaired) electrons. The fourth-order valence-electron chi connectivity index (χ4n) is 1.52. The molecular weight excluding hydrogens is 203 g/mol. The number of piperidine rings is 1. The Bertz CT molecular complexity index is 247. The second-order valence-electron chi connectivity index (χ2n) is 3.65. The maximum atomic E-state index is 13.0. The van der Waals surface area contributed by atoms with Gasteiger partial charge in [-0.2, -0.15) is 0 Å². The molecule has 0 spiro atoms. The van der Waals surface area contributed by atoms with E-state index in [1.165, 1.54) is 4.90 Å². The third-order valence-electron chi connectivity index (χ3n) is 2.47. The van der Waals surface area contributed by atoms with Crippen LogP contribution < -0.4 is 5.73 Å². The highest BCUT2D eigenvalue weighted by Crippen LogP contribution is 2.15. The van der Waals surface area contributed by atoms with E-state index in [1.807, 2.05) is 0 Å². The number of carbonyl (C=O) groups is 1. The highest BCUT2D eigenvalue weighted by atomic mass is 32.1. The number of halogens is 1. The number of thiocarbonyl (C=S) groups is 1. The van der Waals surface area contributed by atoms with E-state index in [0.29, 0.717) is 13.0 Å². The molecule has 2 atom stereocenters. The normalized spacial score (nSPS) is 24.4. The van der Waals surface area contributed by atoms with Crippen molar-refractivity contribution in [3.63, 3.8) is 0 Å². The summed E-state index contributed by atoms with van der Waals surface area (Å²) in [5, 5.41) is 0. The Balaban J connectivity index is 2.55. The van der Waals surface area contributed by atoms with E-state index in [-0.39, 0.29) is 17.4 Å². The van der Waals surface area contributed by atoms with Crippen LogP contribution in [0.5, 0.6) is 0 Å². The molecule has 1 heterocycles. The van der Waals surface area contributed by atoms with Gasteiger partial charge in [-0.3, -0.25) is 4.79 Å². The lowest BCUT2D eigenvalue weighted by Crippen LogP contribution is -2.45. The number of hydrogen-bond donors (Lipinski definition) is 1. The minimum atomic E-state index is -0.897. The maximum absolute atomic E-state index is 13.0. The molecule has 1 aliphatic heterocycles. The summed E-state index contributed by atoms with van der Waals surface area (Å²) in [7, 11) is 0. The molecule has 1 rings (SSSR count). The van der Waals surface area contributed by atoms with Crippen molar-refractivity contribution in [1.29, 1.82) is 0 Å². The average molecular weight is 218 g/mol. The second-order valence-corrected chi connectivity index (χ2v) is 4.12. The lowest BCUT2D eigenvalue weighted by Gasteiger charge is -2.30. The summed E-state index contributed by atoms with van der Waals surface area (Å²) < 4.78 is 13.0. The van der Waals surface area contributed by atoms with Gasteiger partial charge in [-0.15, -0.1) is 0 Å². The molecule has 0 bridgehead atoms. The topological polar surface area (TPSA) is 46.3 Å². The molecule has 80 valence electrons. The fourth-order valence-corrected chi connectivity index (χ4v) is 1.62. The third-order valence-corrected chi connectivity index (χ3v) is 2.83. The number of nitrogens with zero attached hydrogens (tertiary/aromatic N) is 1. The molecule has 2 unspecified atom stereocenters. The Morgan fingerprint density at radius 2 is 2.36 bits per heavy atom. The summed E-state index contributed by atoms with van der Waals surface area (Å²) >= 11 is 4.73. The fraction of sp³-hybridized carbons (Fsp3) is 0.778. The van der Waals surface area contributed by atoms with E-state index in [1.54, 1.807) is 6.92 Å². The first-order valence-electron chi connectivity index (χ1n) is 4.74. The van der Waals surface area contributed by atoms with Gasteiger partial charge >= 0.3 is 0 Å². The van der Waals surface area contributed by atoms with Crippen molar-refractivity contribution in [3.8, 4) is 0 Å². The molecule has 1 aliphatic rings. The predicted octanol–water partition coefficient (Wildman–Crippen LogP) is 0.869. The molecular formula is C9H15FN2OS. The van der Waals surface area contributed by atoms with Gasteiger partial charge in [0.15, 0.2) is 0 Å². The van der Waals surface area contributed by atoms with Gasteiger partial charge in [-0.1, -0.05) is 12.2 Å². The Morgan fingerprint density at radius 3 is 2.86 bits per heavy atom. The van der Waals surface area contributed by atoms with Gasteiger partial charge in [0, 0.05) is 6.54 Å². The van der Waals surface area contributed by atoms with Crippen LogP contribution in [0.2, 0.25) is 0 Å². The highest BCUT2D eigenvalue weighted by Gasteiger charge is 2.27. The number of amides is 1. The number of nitrogens with two attached hydrogens (primary N) is 1. The van der Waals surface area contributed by atoms with E-state index >= 15 is 0 Å². The molecule has 0 aromatic carbocycles.